The SMILES string of the molecule is CCC[C@@H](CC[C@@H]1[C@H]2Cc3cccc(OCC(=O)O)c3C[C@H]2C[C@H]1O)OC1CCCCO1. The first-order valence-corrected chi connectivity index (χ1v) is 12.5. The number of carbonyl (C=O) groups is 1. The Morgan fingerprint density at radius 1 is 1.25 bits per heavy atom. The summed E-state index contributed by atoms with van der Waals surface area (Å²) in [7, 11) is 0. The van der Waals surface area contributed by atoms with Gasteiger partial charge >= 0.3 is 5.97 Å². The molecular weight excluding hydrogens is 408 g/mol. The van der Waals surface area contributed by atoms with Crippen molar-refractivity contribution >= 4 is 5.97 Å². The maximum atomic E-state index is 10.9. The lowest BCUT2D eigenvalue weighted by Crippen LogP contribution is -2.30. The van der Waals surface area contributed by atoms with Crippen molar-refractivity contribution in [1.82, 2.24) is 0 Å². The first-order valence-electron chi connectivity index (χ1n) is 12.5. The lowest BCUT2D eigenvalue weighted by molar-refractivity contribution is -0.191. The van der Waals surface area contributed by atoms with Gasteiger partial charge < -0.3 is 24.4 Å². The van der Waals surface area contributed by atoms with Crippen LogP contribution >= 0.6 is 0 Å². The van der Waals surface area contributed by atoms with Gasteiger partial charge in [-0.1, -0.05) is 25.5 Å². The van der Waals surface area contributed by atoms with Gasteiger partial charge in [0.1, 0.15) is 5.75 Å². The zero-order valence-corrected chi connectivity index (χ0v) is 19.2. The highest BCUT2D eigenvalue weighted by atomic mass is 16.7. The predicted octanol–water partition coefficient (Wildman–Crippen LogP) is 4.35. The first-order chi connectivity index (χ1) is 15.5. The highest BCUT2D eigenvalue weighted by Crippen LogP contribution is 2.48. The van der Waals surface area contributed by atoms with Gasteiger partial charge in [0.2, 0.25) is 0 Å². The minimum Gasteiger partial charge on any atom is -0.482 e. The molecule has 6 heteroatoms. The molecule has 6 nitrogen and oxygen atoms in total. The van der Waals surface area contributed by atoms with E-state index >= 15 is 0 Å². The Hall–Kier alpha value is -1.63. The minimum atomic E-state index is -0.963. The van der Waals surface area contributed by atoms with Crippen molar-refractivity contribution in [3.63, 3.8) is 0 Å². The van der Waals surface area contributed by atoms with Crippen LogP contribution in [0, 0.1) is 17.8 Å². The second-order valence-corrected chi connectivity index (χ2v) is 9.80. The van der Waals surface area contributed by atoms with Crippen molar-refractivity contribution in [2.75, 3.05) is 13.2 Å². The summed E-state index contributed by atoms with van der Waals surface area (Å²) in [4.78, 5) is 10.9. The largest absolute Gasteiger partial charge is 0.482 e. The number of aliphatic hydroxyl groups is 1. The van der Waals surface area contributed by atoms with E-state index in [2.05, 4.69) is 13.0 Å². The summed E-state index contributed by atoms with van der Waals surface area (Å²) >= 11 is 0. The van der Waals surface area contributed by atoms with Gasteiger partial charge in [-0.3, -0.25) is 0 Å². The molecule has 1 unspecified atom stereocenters. The molecule has 0 radical (unpaired) electrons. The standard InChI is InChI=1S/C26H38O6/c1-2-6-19(32-26-9-3-4-12-30-26)10-11-20-21-13-17-7-5-8-24(31-16-25(28)29)22(17)14-18(21)15-23(20)27/h5,7-8,18-21,23,26-27H,2-4,6,9-16H2,1H3,(H,28,29)/t18-,19-,20+,21-,23+,26?/m0/s1. The molecule has 0 spiro atoms. The van der Waals surface area contributed by atoms with E-state index in [9.17, 15) is 9.90 Å². The van der Waals surface area contributed by atoms with Crippen LogP contribution in [0.4, 0.5) is 0 Å². The molecule has 1 saturated carbocycles. The van der Waals surface area contributed by atoms with E-state index in [1.54, 1.807) is 0 Å². The minimum absolute atomic E-state index is 0.0627. The van der Waals surface area contributed by atoms with Crippen molar-refractivity contribution in [3.05, 3.63) is 29.3 Å². The number of rotatable bonds is 10. The van der Waals surface area contributed by atoms with Crippen molar-refractivity contribution in [2.45, 2.75) is 89.6 Å². The molecule has 0 amide bonds. The van der Waals surface area contributed by atoms with Gasteiger partial charge in [-0.05, 0) is 92.7 Å². The van der Waals surface area contributed by atoms with E-state index in [1.807, 2.05) is 12.1 Å². The number of carboxylic acid groups (broad SMARTS) is 1. The summed E-state index contributed by atoms with van der Waals surface area (Å²) in [5, 5.41) is 19.9. The summed E-state index contributed by atoms with van der Waals surface area (Å²) in [5.74, 6) is 0.886. The Morgan fingerprint density at radius 3 is 2.88 bits per heavy atom. The number of hydrogen-bond acceptors (Lipinski definition) is 5. The topological polar surface area (TPSA) is 85.2 Å². The van der Waals surface area contributed by atoms with Crippen LogP contribution in [0.1, 0.15) is 69.4 Å². The Morgan fingerprint density at radius 2 is 2.12 bits per heavy atom. The molecular formula is C26H38O6. The second-order valence-electron chi connectivity index (χ2n) is 9.80. The van der Waals surface area contributed by atoms with Crippen LogP contribution in [-0.2, 0) is 27.1 Å². The fourth-order valence-electron chi connectivity index (χ4n) is 6.09. The van der Waals surface area contributed by atoms with E-state index in [0.29, 0.717) is 17.6 Å². The Kier molecular flexibility index (Phi) is 8.08. The molecule has 0 bridgehead atoms. The lowest BCUT2D eigenvalue weighted by atomic mass is 9.73. The van der Waals surface area contributed by atoms with Gasteiger partial charge in [-0.15, -0.1) is 0 Å². The Balaban J connectivity index is 1.39. The third-order valence-electron chi connectivity index (χ3n) is 7.61. The first kappa shape index (κ1) is 23.5. The average molecular weight is 447 g/mol. The van der Waals surface area contributed by atoms with E-state index in [1.165, 1.54) is 12.0 Å². The highest BCUT2D eigenvalue weighted by Gasteiger charge is 2.45. The normalized spacial score (nSPS) is 30.4. The summed E-state index contributed by atoms with van der Waals surface area (Å²) < 4.78 is 17.7. The molecule has 3 aliphatic rings. The maximum absolute atomic E-state index is 10.9. The van der Waals surface area contributed by atoms with Crippen molar-refractivity contribution in [2.24, 2.45) is 17.8 Å². The molecule has 1 saturated heterocycles. The van der Waals surface area contributed by atoms with Crippen LogP contribution < -0.4 is 4.74 Å². The van der Waals surface area contributed by atoms with Gasteiger partial charge in [-0.2, -0.15) is 0 Å². The number of benzene rings is 1. The summed E-state index contributed by atoms with van der Waals surface area (Å²) in [6.07, 6.45) is 9.79. The molecule has 1 heterocycles. The van der Waals surface area contributed by atoms with Crippen molar-refractivity contribution < 1.29 is 29.2 Å². The van der Waals surface area contributed by atoms with E-state index in [0.717, 1.165) is 70.0 Å². The molecule has 2 fully saturated rings. The molecule has 178 valence electrons. The zero-order valence-electron chi connectivity index (χ0n) is 19.2. The Labute approximate surface area is 191 Å². The number of ether oxygens (including phenoxy) is 3. The number of fused-ring (bicyclic) bond motifs is 2. The van der Waals surface area contributed by atoms with Gasteiger partial charge in [-0.25, -0.2) is 4.79 Å². The third-order valence-corrected chi connectivity index (χ3v) is 7.61. The van der Waals surface area contributed by atoms with Gasteiger partial charge in [0.15, 0.2) is 12.9 Å². The van der Waals surface area contributed by atoms with E-state index < -0.39 is 5.97 Å². The lowest BCUT2D eigenvalue weighted by Gasteiger charge is -2.33. The summed E-state index contributed by atoms with van der Waals surface area (Å²) in [5.41, 5.74) is 2.37. The van der Waals surface area contributed by atoms with Crippen LogP contribution in [0.5, 0.6) is 5.75 Å². The molecule has 32 heavy (non-hydrogen) atoms. The fourth-order valence-corrected chi connectivity index (χ4v) is 6.09. The predicted molar refractivity (Wildman–Crippen MR) is 121 cm³/mol. The van der Waals surface area contributed by atoms with Crippen LogP contribution in [0.2, 0.25) is 0 Å². The number of aliphatic carboxylic acids is 1. The van der Waals surface area contributed by atoms with Crippen LogP contribution in [0.3, 0.4) is 0 Å². The maximum Gasteiger partial charge on any atom is 0.341 e. The molecule has 4 rings (SSSR count). The Bertz CT molecular complexity index is 759. The van der Waals surface area contributed by atoms with Crippen LogP contribution in [-0.4, -0.2) is 47.9 Å². The van der Waals surface area contributed by atoms with Crippen molar-refractivity contribution in [1.29, 1.82) is 0 Å². The van der Waals surface area contributed by atoms with Crippen LogP contribution in [0.15, 0.2) is 18.2 Å². The number of hydrogen-bond donors (Lipinski definition) is 2. The third kappa shape index (κ3) is 5.64. The van der Waals surface area contributed by atoms with Crippen molar-refractivity contribution in [3.8, 4) is 5.75 Å². The van der Waals surface area contributed by atoms with Crippen LogP contribution in [0.25, 0.3) is 0 Å². The summed E-state index contributed by atoms with van der Waals surface area (Å²) in [6.45, 7) is 2.67. The monoisotopic (exact) mass is 446 g/mol. The zero-order chi connectivity index (χ0) is 22.5. The molecule has 6 atom stereocenters. The van der Waals surface area contributed by atoms with Gasteiger partial charge in [0.05, 0.1) is 12.2 Å². The summed E-state index contributed by atoms with van der Waals surface area (Å²) in [6, 6.07) is 5.95. The molecule has 0 aromatic heterocycles. The molecule has 2 aliphatic carbocycles. The molecule has 2 N–H and O–H groups in total. The fraction of sp³-hybridized carbons (Fsp3) is 0.731. The molecule has 1 aliphatic heterocycles. The number of aliphatic hydroxyl groups excluding tert-OH is 1. The number of carboxylic acids is 1. The highest BCUT2D eigenvalue weighted by molar-refractivity contribution is 5.68. The molecule has 1 aromatic carbocycles. The average Bonchev–Trinajstić information content (AvgIpc) is 3.09. The molecule has 1 aromatic rings. The quantitative estimate of drug-likeness (QED) is 0.556. The van der Waals surface area contributed by atoms with E-state index in [-0.39, 0.29) is 31.0 Å². The van der Waals surface area contributed by atoms with E-state index in [4.69, 9.17) is 19.3 Å². The second kappa shape index (κ2) is 11.0. The smallest absolute Gasteiger partial charge is 0.341 e. The van der Waals surface area contributed by atoms with Gasteiger partial charge in [0, 0.05) is 6.61 Å². The van der Waals surface area contributed by atoms with Gasteiger partial charge in [0.25, 0.3) is 0 Å².